The highest BCUT2D eigenvalue weighted by molar-refractivity contribution is 7.89. The maximum absolute atomic E-state index is 12.8. The molecule has 0 atom stereocenters. The topological polar surface area (TPSA) is 57.6 Å². The number of aliphatic hydroxyl groups excluding tert-OH is 1. The molecule has 0 heterocycles. The zero-order valence-electron chi connectivity index (χ0n) is 9.92. The molecule has 1 saturated carbocycles. The summed E-state index contributed by atoms with van der Waals surface area (Å²) >= 11 is 0. The summed E-state index contributed by atoms with van der Waals surface area (Å²) in [6.45, 7) is -0.124. The lowest BCUT2D eigenvalue weighted by atomic mass is 9.93. The summed E-state index contributed by atoms with van der Waals surface area (Å²) in [5.41, 5.74) is 0. The van der Waals surface area contributed by atoms with E-state index in [2.05, 4.69) is 0 Å². The molecule has 1 aliphatic carbocycles. The maximum atomic E-state index is 12.8. The van der Waals surface area contributed by atoms with Gasteiger partial charge < -0.3 is 5.11 Å². The van der Waals surface area contributed by atoms with Gasteiger partial charge in [-0.15, -0.1) is 0 Å². The highest BCUT2D eigenvalue weighted by Gasteiger charge is 2.34. The summed E-state index contributed by atoms with van der Waals surface area (Å²) in [6.07, 6.45) is 2.65. The average Bonchev–Trinajstić information content (AvgIpc) is 2.26. The predicted molar refractivity (Wildman–Crippen MR) is 65.0 cm³/mol. The van der Waals surface area contributed by atoms with E-state index in [1.165, 1.54) is 16.4 Å². The molecule has 1 N–H and O–H groups in total. The minimum atomic E-state index is -3.63. The lowest BCUT2D eigenvalue weighted by Crippen LogP contribution is -2.45. The van der Waals surface area contributed by atoms with E-state index in [0.29, 0.717) is 0 Å². The summed E-state index contributed by atoms with van der Waals surface area (Å²) in [4.78, 5) is 0.0734. The summed E-state index contributed by atoms with van der Waals surface area (Å²) in [7, 11) is -3.63. The summed E-state index contributed by atoms with van der Waals surface area (Å²) in [6, 6.07) is 4.74. The molecule has 2 rings (SSSR count). The van der Waals surface area contributed by atoms with Crippen molar-refractivity contribution in [2.75, 3.05) is 13.2 Å². The van der Waals surface area contributed by atoms with Crippen LogP contribution in [0.15, 0.2) is 29.2 Å². The molecule has 0 spiro atoms. The normalized spacial score (nSPS) is 16.8. The molecule has 0 amide bonds. The Morgan fingerprint density at radius 3 is 2.33 bits per heavy atom. The van der Waals surface area contributed by atoms with E-state index < -0.39 is 15.8 Å². The predicted octanol–water partition coefficient (Wildman–Crippen LogP) is 1.36. The van der Waals surface area contributed by atoms with Crippen LogP contribution in [0.4, 0.5) is 4.39 Å². The van der Waals surface area contributed by atoms with Crippen LogP contribution in [0, 0.1) is 5.82 Å². The van der Waals surface area contributed by atoms with Gasteiger partial charge >= 0.3 is 0 Å². The fourth-order valence-electron chi connectivity index (χ4n) is 2.01. The van der Waals surface area contributed by atoms with Gasteiger partial charge in [-0.3, -0.25) is 0 Å². The van der Waals surface area contributed by atoms with Crippen molar-refractivity contribution in [2.45, 2.75) is 30.2 Å². The molecule has 0 bridgehead atoms. The molecular formula is C12H16FNO3S. The summed E-state index contributed by atoms with van der Waals surface area (Å²) < 4.78 is 38.9. The van der Waals surface area contributed by atoms with E-state index in [0.717, 1.165) is 31.4 Å². The monoisotopic (exact) mass is 273 g/mol. The molecule has 0 aromatic heterocycles. The third-order valence-corrected chi connectivity index (χ3v) is 5.19. The van der Waals surface area contributed by atoms with E-state index in [9.17, 15) is 12.8 Å². The third kappa shape index (κ3) is 2.55. The van der Waals surface area contributed by atoms with Crippen molar-refractivity contribution < 1.29 is 17.9 Å². The molecule has 100 valence electrons. The van der Waals surface area contributed by atoms with Crippen molar-refractivity contribution >= 4 is 10.0 Å². The minimum Gasteiger partial charge on any atom is -0.395 e. The lowest BCUT2D eigenvalue weighted by molar-refractivity contribution is 0.178. The number of benzene rings is 1. The summed E-state index contributed by atoms with van der Waals surface area (Å²) in [5, 5.41) is 8.99. The Morgan fingerprint density at radius 1 is 1.28 bits per heavy atom. The Balaban J connectivity index is 2.29. The van der Waals surface area contributed by atoms with Crippen LogP contribution in [0.2, 0.25) is 0 Å². The zero-order chi connectivity index (χ0) is 13.2. The largest absolute Gasteiger partial charge is 0.395 e. The molecule has 1 aromatic rings. The molecular weight excluding hydrogens is 257 g/mol. The first-order chi connectivity index (χ1) is 8.55. The van der Waals surface area contributed by atoms with Crippen LogP contribution in [-0.4, -0.2) is 37.0 Å². The zero-order valence-corrected chi connectivity index (χ0v) is 10.7. The second kappa shape index (κ2) is 5.34. The van der Waals surface area contributed by atoms with Crippen LogP contribution < -0.4 is 0 Å². The second-order valence-corrected chi connectivity index (χ2v) is 6.27. The van der Waals surface area contributed by atoms with E-state index in [4.69, 9.17) is 5.11 Å². The van der Waals surface area contributed by atoms with E-state index >= 15 is 0 Å². The number of hydrogen-bond donors (Lipinski definition) is 1. The van der Waals surface area contributed by atoms with Gasteiger partial charge in [-0.25, -0.2) is 12.8 Å². The molecule has 0 unspecified atom stereocenters. The highest BCUT2D eigenvalue weighted by Crippen LogP contribution is 2.29. The third-order valence-electron chi connectivity index (χ3n) is 3.22. The standard InChI is InChI=1S/C12H16FNO3S/c13-10-4-6-12(7-5-10)18(16,17)14(8-9-15)11-2-1-3-11/h4-7,11,15H,1-3,8-9H2. The van der Waals surface area contributed by atoms with Gasteiger partial charge in [0.05, 0.1) is 11.5 Å². The van der Waals surface area contributed by atoms with E-state index in [1.54, 1.807) is 0 Å². The van der Waals surface area contributed by atoms with E-state index in [1.807, 2.05) is 0 Å². The van der Waals surface area contributed by atoms with Crippen molar-refractivity contribution in [2.24, 2.45) is 0 Å². The molecule has 18 heavy (non-hydrogen) atoms. The molecule has 6 heteroatoms. The number of aliphatic hydroxyl groups is 1. The fourth-order valence-corrected chi connectivity index (χ4v) is 3.69. The number of hydrogen-bond acceptors (Lipinski definition) is 3. The van der Waals surface area contributed by atoms with E-state index in [-0.39, 0.29) is 24.1 Å². The van der Waals surface area contributed by atoms with Crippen molar-refractivity contribution in [3.05, 3.63) is 30.1 Å². The highest BCUT2D eigenvalue weighted by atomic mass is 32.2. The first-order valence-electron chi connectivity index (χ1n) is 5.94. The molecule has 4 nitrogen and oxygen atoms in total. The fraction of sp³-hybridized carbons (Fsp3) is 0.500. The Kier molecular flexibility index (Phi) is 3.99. The molecule has 1 fully saturated rings. The molecule has 0 saturated heterocycles. The SMILES string of the molecule is O=S(=O)(c1ccc(F)cc1)N(CCO)C1CCC1. The minimum absolute atomic E-state index is 0.0350. The van der Waals surface area contributed by atoms with Gasteiger partial charge in [0.25, 0.3) is 0 Å². The van der Waals surface area contributed by atoms with Crippen LogP contribution in [0.5, 0.6) is 0 Å². The Hall–Kier alpha value is -0.980. The first kappa shape index (κ1) is 13.5. The number of nitrogens with zero attached hydrogens (tertiary/aromatic N) is 1. The number of rotatable bonds is 5. The molecule has 0 aliphatic heterocycles. The van der Waals surface area contributed by atoms with Gasteiger partial charge in [0.15, 0.2) is 0 Å². The van der Waals surface area contributed by atoms with Crippen LogP contribution >= 0.6 is 0 Å². The van der Waals surface area contributed by atoms with Crippen molar-refractivity contribution in [3.63, 3.8) is 0 Å². The quantitative estimate of drug-likeness (QED) is 0.881. The Labute approximate surface area is 106 Å². The van der Waals surface area contributed by atoms with Crippen LogP contribution in [-0.2, 0) is 10.0 Å². The van der Waals surface area contributed by atoms with Gasteiger partial charge in [-0.2, -0.15) is 4.31 Å². The average molecular weight is 273 g/mol. The van der Waals surface area contributed by atoms with Gasteiger partial charge in [-0.05, 0) is 37.1 Å². The van der Waals surface area contributed by atoms with Crippen LogP contribution in [0.3, 0.4) is 0 Å². The van der Waals surface area contributed by atoms with Gasteiger partial charge in [0.1, 0.15) is 5.82 Å². The van der Waals surface area contributed by atoms with Gasteiger partial charge in [-0.1, -0.05) is 6.42 Å². The molecule has 1 aromatic carbocycles. The first-order valence-corrected chi connectivity index (χ1v) is 7.38. The second-order valence-electron chi connectivity index (χ2n) is 4.38. The number of sulfonamides is 1. The van der Waals surface area contributed by atoms with Crippen molar-refractivity contribution in [3.8, 4) is 0 Å². The molecule has 0 radical (unpaired) electrons. The Bertz CT molecular complexity index is 497. The van der Waals surface area contributed by atoms with Crippen molar-refractivity contribution in [1.29, 1.82) is 0 Å². The Morgan fingerprint density at radius 2 is 1.89 bits per heavy atom. The van der Waals surface area contributed by atoms with Gasteiger partial charge in [0, 0.05) is 12.6 Å². The number of halogens is 1. The molecule has 1 aliphatic rings. The summed E-state index contributed by atoms with van der Waals surface area (Å²) in [5.74, 6) is -0.466. The van der Waals surface area contributed by atoms with Gasteiger partial charge in [0.2, 0.25) is 10.0 Å². The van der Waals surface area contributed by atoms with Crippen LogP contribution in [0.1, 0.15) is 19.3 Å². The maximum Gasteiger partial charge on any atom is 0.243 e. The van der Waals surface area contributed by atoms with Crippen molar-refractivity contribution in [1.82, 2.24) is 4.31 Å². The smallest absolute Gasteiger partial charge is 0.243 e. The van der Waals surface area contributed by atoms with Crippen LogP contribution in [0.25, 0.3) is 0 Å². The lowest BCUT2D eigenvalue weighted by Gasteiger charge is -2.36.